The SMILES string of the molecule is C=C(C)[C@@H]1CC[C@]2(COC(=O)C(C)N)CC[C@]3(C)[C@H](CC[C@@H]4[C@@]5(C)CC[C@H](OC(=O)C(C)N)C(C)(C)[C@@H]5CC[C@]43C)[C@@H]12. The first kappa shape index (κ1) is 32.0. The zero-order valence-corrected chi connectivity index (χ0v) is 27.9. The quantitative estimate of drug-likeness (QED) is 0.263. The molecule has 0 heterocycles. The van der Waals surface area contributed by atoms with E-state index in [-0.39, 0.29) is 45.1 Å². The lowest BCUT2D eigenvalue weighted by molar-refractivity contribution is -0.252. The largest absolute Gasteiger partial charge is 0.464 e. The van der Waals surface area contributed by atoms with Gasteiger partial charge >= 0.3 is 11.9 Å². The lowest BCUT2D eigenvalue weighted by Crippen LogP contribution is -2.67. The third-order valence-corrected chi connectivity index (χ3v) is 14.7. The third-order valence-electron chi connectivity index (χ3n) is 14.7. The fourth-order valence-electron chi connectivity index (χ4n) is 12.3. The summed E-state index contributed by atoms with van der Waals surface area (Å²) in [6.07, 6.45) is 11.4. The first-order valence-corrected chi connectivity index (χ1v) is 17.0. The van der Waals surface area contributed by atoms with E-state index >= 15 is 0 Å². The van der Waals surface area contributed by atoms with Crippen molar-refractivity contribution in [1.29, 1.82) is 0 Å². The van der Waals surface area contributed by atoms with Crippen molar-refractivity contribution in [2.75, 3.05) is 6.61 Å². The number of rotatable bonds is 6. The maximum absolute atomic E-state index is 12.5. The molecule has 0 radical (unpaired) electrons. The Hall–Kier alpha value is -1.40. The number of ether oxygens (including phenoxy) is 2. The van der Waals surface area contributed by atoms with Crippen LogP contribution < -0.4 is 11.5 Å². The predicted octanol–water partition coefficient (Wildman–Crippen LogP) is 6.79. The van der Waals surface area contributed by atoms with Gasteiger partial charge in [-0.1, -0.05) is 46.8 Å². The van der Waals surface area contributed by atoms with Crippen LogP contribution in [0.5, 0.6) is 0 Å². The minimum Gasteiger partial charge on any atom is -0.464 e. The Morgan fingerprint density at radius 1 is 0.810 bits per heavy atom. The van der Waals surface area contributed by atoms with Crippen molar-refractivity contribution in [2.24, 2.45) is 68.1 Å². The van der Waals surface area contributed by atoms with E-state index in [0.717, 1.165) is 32.1 Å². The molecule has 5 aliphatic rings. The number of fused-ring (bicyclic) bond motifs is 7. The molecule has 42 heavy (non-hydrogen) atoms. The van der Waals surface area contributed by atoms with Gasteiger partial charge < -0.3 is 20.9 Å². The van der Waals surface area contributed by atoms with Gasteiger partial charge in [-0.2, -0.15) is 0 Å². The first-order chi connectivity index (χ1) is 19.4. The zero-order chi connectivity index (χ0) is 31.0. The molecule has 12 atom stereocenters. The number of hydrogen-bond donors (Lipinski definition) is 2. The van der Waals surface area contributed by atoms with Gasteiger partial charge in [-0.15, -0.1) is 0 Å². The van der Waals surface area contributed by atoms with Crippen LogP contribution >= 0.6 is 0 Å². The molecule has 0 amide bonds. The van der Waals surface area contributed by atoms with Crippen LogP contribution in [0.3, 0.4) is 0 Å². The van der Waals surface area contributed by atoms with Crippen molar-refractivity contribution in [2.45, 2.75) is 138 Å². The summed E-state index contributed by atoms with van der Waals surface area (Å²) < 4.78 is 12.0. The van der Waals surface area contributed by atoms with Crippen molar-refractivity contribution < 1.29 is 19.1 Å². The van der Waals surface area contributed by atoms with Crippen LogP contribution in [0.25, 0.3) is 0 Å². The van der Waals surface area contributed by atoms with E-state index in [4.69, 9.17) is 20.9 Å². The normalized spacial score (nSPS) is 47.1. The van der Waals surface area contributed by atoms with Gasteiger partial charge in [0.1, 0.15) is 18.2 Å². The number of esters is 2. The van der Waals surface area contributed by atoms with Gasteiger partial charge in [0.15, 0.2) is 0 Å². The molecule has 5 rings (SSSR count). The van der Waals surface area contributed by atoms with Crippen LogP contribution in [0.1, 0.15) is 120 Å². The van der Waals surface area contributed by atoms with Crippen molar-refractivity contribution in [3.8, 4) is 0 Å². The molecule has 4 N–H and O–H groups in total. The molecule has 6 heteroatoms. The van der Waals surface area contributed by atoms with Crippen molar-refractivity contribution in [1.82, 2.24) is 0 Å². The lowest BCUT2D eigenvalue weighted by Gasteiger charge is -2.73. The predicted molar refractivity (Wildman–Crippen MR) is 167 cm³/mol. The van der Waals surface area contributed by atoms with Crippen LogP contribution in [0.4, 0.5) is 0 Å². The smallest absolute Gasteiger partial charge is 0.322 e. The second kappa shape index (κ2) is 10.6. The van der Waals surface area contributed by atoms with Gasteiger partial charge in [0.25, 0.3) is 0 Å². The van der Waals surface area contributed by atoms with Crippen LogP contribution in [0.2, 0.25) is 0 Å². The highest BCUT2D eigenvalue weighted by atomic mass is 16.5. The van der Waals surface area contributed by atoms with Crippen LogP contribution in [-0.4, -0.2) is 36.7 Å². The average Bonchev–Trinajstić information content (AvgIpc) is 3.29. The number of hydrogen-bond acceptors (Lipinski definition) is 6. The minimum absolute atomic E-state index is 0.0344. The molecule has 0 aromatic rings. The summed E-state index contributed by atoms with van der Waals surface area (Å²) in [6, 6.07) is -1.17. The molecule has 2 unspecified atom stereocenters. The summed E-state index contributed by atoms with van der Waals surface area (Å²) in [7, 11) is 0. The van der Waals surface area contributed by atoms with E-state index in [1.54, 1.807) is 13.8 Å². The standard InChI is InChI=1S/C36H60N2O4/c1-21(2)24-12-17-36(20-41-30(39)22(3)37)19-18-34(8)25(29(24)36)10-11-27-33(7)15-14-28(42-31(40)23(4)38)32(5,6)26(33)13-16-35(27,34)9/h22-29H,1,10-20,37-38H2,2-9H3/t22?,23?,24-,25+,26-,27+,28-,29+,33-,34+,35+,36+/m0/s1. The molecule has 238 valence electrons. The maximum Gasteiger partial charge on any atom is 0.322 e. The average molecular weight is 585 g/mol. The Morgan fingerprint density at radius 3 is 2.10 bits per heavy atom. The second-order valence-corrected chi connectivity index (χ2v) is 17.0. The Morgan fingerprint density at radius 2 is 1.48 bits per heavy atom. The highest BCUT2D eigenvalue weighted by Gasteiger charge is 2.71. The van der Waals surface area contributed by atoms with Crippen LogP contribution in [-0.2, 0) is 19.1 Å². The van der Waals surface area contributed by atoms with Gasteiger partial charge in [-0.3, -0.25) is 9.59 Å². The summed E-state index contributed by atoms with van der Waals surface area (Å²) in [6.45, 7) is 23.2. The molecule has 0 spiro atoms. The topological polar surface area (TPSA) is 105 Å². The van der Waals surface area contributed by atoms with E-state index in [1.165, 1.54) is 37.7 Å². The highest BCUT2D eigenvalue weighted by Crippen LogP contribution is 2.77. The Kier molecular flexibility index (Phi) is 8.08. The molecule has 0 saturated heterocycles. The molecular formula is C36H60N2O4. The van der Waals surface area contributed by atoms with Crippen LogP contribution in [0, 0.1) is 56.7 Å². The zero-order valence-electron chi connectivity index (χ0n) is 27.9. The molecule has 5 saturated carbocycles. The van der Waals surface area contributed by atoms with E-state index in [1.807, 2.05) is 0 Å². The summed E-state index contributed by atoms with van der Waals surface area (Å²) in [5.41, 5.74) is 13.7. The summed E-state index contributed by atoms with van der Waals surface area (Å²) in [5.74, 6) is 2.20. The van der Waals surface area contributed by atoms with E-state index in [0.29, 0.717) is 36.2 Å². The fraction of sp³-hybridized carbons (Fsp3) is 0.889. The summed E-state index contributed by atoms with van der Waals surface area (Å²) in [4.78, 5) is 25.0. The monoisotopic (exact) mass is 584 g/mol. The number of carbonyl (C=O) groups is 2. The Labute approximate surface area is 255 Å². The molecule has 0 aliphatic heterocycles. The maximum atomic E-state index is 12.5. The molecule has 0 aromatic heterocycles. The van der Waals surface area contributed by atoms with Gasteiger partial charge in [-0.25, -0.2) is 0 Å². The van der Waals surface area contributed by atoms with E-state index < -0.39 is 12.1 Å². The van der Waals surface area contributed by atoms with Crippen molar-refractivity contribution in [3.63, 3.8) is 0 Å². The molecule has 0 bridgehead atoms. The number of allylic oxidation sites excluding steroid dienone is 1. The van der Waals surface area contributed by atoms with Crippen LogP contribution in [0.15, 0.2) is 12.2 Å². The fourth-order valence-corrected chi connectivity index (χ4v) is 12.3. The van der Waals surface area contributed by atoms with Gasteiger partial charge in [-0.05, 0) is 131 Å². The highest BCUT2D eigenvalue weighted by molar-refractivity contribution is 5.75. The first-order valence-electron chi connectivity index (χ1n) is 17.0. The Bertz CT molecular complexity index is 1100. The number of carbonyl (C=O) groups excluding carboxylic acids is 2. The molecule has 5 fully saturated rings. The molecule has 6 nitrogen and oxygen atoms in total. The van der Waals surface area contributed by atoms with Gasteiger partial charge in [0.05, 0.1) is 6.61 Å². The lowest BCUT2D eigenvalue weighted by atomic mass is 9.32. The summed E-state index contributed by atoms with van der Waals surface area (Å²) in [5, 5.41) is 0. The molecular weight excluding hydrogens is 524 g/mol. The number of nitrogens with two attached hydrogens (primary N) is 2. The van der Waals surface area contributed by atoms with E-state index in [9.17, 15) is 9.59 Å². The minimum atomic E-state index is -0.585. The van der Waals surface area contributed by atoms with Gasteiger partial charge in [0.2, 0.25) is 0 Å². The Balaban J connectivity index is 1.45. The third kappa shape index (κ3) is 4.54. The summed E-state index contributed by atoms with van der Waals surface area (Å²) >= 11 is 0. The van der Waals surface area contributed by atoms with Crippen molar-refractivity contribution in [3.05, 3.63) is 12.2 Å². The molecule has 5 aliphatic carbocycles. The second-order valence-electron chi connectivity index (χ2n) is 17.0. The van der Waals surface area contributed by atoms with E-state index in [2.05, 4.69) is 48.1 Å². The molecule has 0 aromatic carbocycles. The van der Waals surface area contributed by atoms with Gasteiger partial charge in [0, 0.05) is 10.8 Å². The van der Waals surface area contributed by atoms with Crippen molar-refractivity contribution >= 4 is 11.9 Å².